The molecular formula is C23H32N4. The first-order valence-corrected chi connectivity index (χ1v) is 10.4. The van der Waals surface area contributed by atoms with Gasteiger partial charge in [-0.15, -0.1) is 0 Å². The minimum Gasteiger partial charge on any atom is -0.367 e. The second-order valence-corrected chi connectivity index (χ2v) is 9.05. The zero-order valence-corrected chi connectivity index (χ0v) is 16.7. The van der Waals surface area contributed by atoms with Gasteiger partial charge in [-0.25, -0.2) is 9.97 Å². The first kappa shape index (κ1) is 18.4. The Hall–Kier alpha value is -1.94. The molecule has 1 aliphatic heterocycles. The molecule has 4 rings (SSSR count). The summed E-state index contributed by atoms with van der Waals surface area (Å²) in [6, 6.07) is 7.51. The van der Waals surface area contributed by atoms with Crippen LogP contribution in [-0.4, -0.2) is 40.0 Å². The normalized spacial score (nSPS) is 26.0. The third-order valence-corrected chi connectivity index (χ3v) is 6.60. The molecule has 1 N–H and O–H groups in total. The fourth-order valence-electron chi connectivity index (χ4n) is 4.59. The predicted molar refractivity (Wildman–Crippen MR) is 114 cm³/mol. The van der Waals surface area contributed by atoms with Crippen LogP contribution < -0.4 is 5.32 Å². The van der Waals surface area contributed by atoms with Gasteiger partial charge in [-0.05, 0) is 74.7 Å². The molecule has 1 aromatic carbocycles. The molecule has 1 aromatic heterocycles. The van der Waals surface area contributed by atoms with Crippen LogP contribution >= 0.6 is 0 Å². The number of likely N-dealkylation sites (tertiary alicyclic amines) is 1. The lowest BCUT2D eigenvalue weighted by molar-refractivity contribution is 0.0747. The zero-order chi connectivity index (χ0) is 18.9. The van der Waals surface area contributed by atoms with Gasteiger partial charge in [0, 0.05) is 17.5 Å². The van der Waals surface area contributed by atoms with Crippen molar-refractivity contribution in [2.24, 2.45) is 5.41 Å². The maximum atomic E-state index is 4.53. The third kappa shape index (κ3) is 4.16. The highest BCUT2D eigenvalue weighted by atomic mass is 15.2. The van der Waals surface area contributed by atoms with E-state index in [2.05, 4.69) is 52.7 Å². The molecule has 1 saturated heterocycles. The summed E-state index contributed by atoms with van der Waals surface area (Å²) in [5.41, 5.74) is 2.63. The van der Waals surface area contributed by atoms with E-state index in [1.807, 2.05) is 12.1 Å². The summed E-state index contributed by atoms with van der Waals surface area (Å²) in [5.74, 6) is 0.965. The summed E-state index contributed by atoms with van der Waals surface area (Å²) in [6.45, 7) is 11.3. The van der Waals surface area contributed by atoms with Crippen LogP contribution in [0.15, 0.2) is 31.1 Å². The van der Waals surface area contributed by atoms with Gasteiger partial charge in [0.25, 0.3) is 0 Å². The first-order valence-electron chi connectivity index (χ1n) is 10.4. The Balaban J connectivity index is 1.38. The van der Waals surface area contributed by atoms with E-state index in [4.69, 9.17) is 0 Å². The van der Waals surface area contributed by atoms with Crippen molar-refractivity contribution in [2.45, 2.75) is 64.5 Å². The monoisotopic (exact) mass is 364 g/mol. The van der Waals surface area contributed by atoms with Crippen LogP contribution in [0.3, 0.4) is 0 Å². The van der Waals surface area contributed by atoms with Crippen molar-refractivity contribution in [3.05, 3.63) is 36.7 Å². The Bertz CT molecular complexity index is 795. The van der Waals surface area contributed by atoms with Crippen molar-refractivity contribution >= 4 is 22.8 Å². The minimum atomic E-state index is 0.507. The van der Waals surface area contributed by atoms with Gasteiger partial charge in [0.1, 0.15) is 12.1 Å². The highest BCUT2D eigenvalue weighted by molar-refractivity contribution is 5.90. The summed E-state index contributed by atoms with van der Waals surface area (Å²) >= 11 is 0. The highest BCUT2D eigenvalue weighted by Gasteiger charge is 2.31. The van der Waals surface area contributed by atoms with Crippen LogP contribution in [0, 0.1) is 5.41 Å². The molecule has 0 atom stereocenters. The van der Waals surface area contributed by atoms with Gasteiger partial charge in [0.05, 0.1) is 5.52 Å². The molecule has 27 heavy (non-hydrogen) atoms. The summed E-state index contributed by atoms with van der Waals surface area (Å²) < 4.78 is 0. The number of hydrogen-bond donors (Lipinski definition) is 1. The van der Waals surface area contributed by atoms with Crippen LogP contribution in [-0.2, 0) is 0 Å². The van der Waals surface area contributed by atoms with Gasteiger partial charge in [0.2, 0.25) is 0 Å². The van der Waals surface area contributed by atoms with E-state index in [0.29, 0.717) is 11.5 Å². The fraction of sp³-hybridized carbons (Fsp3) is 0.565. The van der Waals surface area contributed by atoms with E-state index < -0.39 is 0 Å². The number of fused-ring (bicyclic) bond motifs is 1. The van der Waals surface area contributed by atoms with Crippen LogP contribution in [0.2, 0.25) is 0 Å². The van der Waals surface area contributed by atoms with Crippen LogP contribution in [0.1, 0.15) is 57.9 Å². The van der Waals surface area contributed by atoms with E-state index in [9.17, 15) is 0 Å². The topological polar surface area (TPSA) is 41.1 Å². The number of piperidine rings is 1. The largest absolute Gasteiger partial charge is 0.367 e. The number of hydrogen-bond acceptors (Lipinski definition) is 4. The van der Waals surface area contributed by atoms with Crippen LogP contribution in [0.25, 0.3) is 17.0 Å². The quantitative estimate of drug-likeness (QED) is 0.818. The van der Waals surface area contributed by atoms with E-state index >= 15 is 0 Å². The third-order valence-electron chi connectivity index (χ3n) is 6.60. The number of nitrogens with zero attached hydrogens (tertiary/aromatic N) is 3. The van der Waals surface area contributed by atoms with Crippen molar-refractivity contribution in [2.75, 3.05) is 18.4 Å². The van der Waals surface area contributed by atoms with E-state index in [1.165, 1.54) is 51.6 Å². The van der Waals surface area contributed by atoms with Gasteiger partial charge in [-0.2, -0.15) is 0 Å². The van der Waals surface area contributed by atoms with Crippen molar-refractivity contribution in [1.82, 2.24) is 14.9 Å². The van der Waals surface area contributed by atoms with Crippen molar-refractivity contribution in [3.8, 4) is 0 Å². The summed E-state index contributed by atoms with van der Waals surface area (Å²) in [6.07, 6.45) is 11.2. The van der Waals surface area contributed by atoms with E-state index in [-0.39, 0.29) is 0 Å². The molecule has 0 spiro atoms. The molecule has 4 nitrogen and oxygen atoms in total. The maximum Gasteiger partial charge on any atom is 0.137 e. The molecule has 2 aromatic rings. The van der Waals surface area contributed by atoms with Crippen molar-refractivity contribution < 1.29 is 0 Å². The molecule has 2 fully saturated rings. The average molecular weight is 365 g/mol. The van der Waals surface area contributed by atoms with Crippen LogP contribution in [0.5, 0.6) is 0 Å². The van der Waals surface area contributed by atoms with Gasteiger partial charge >= 0.3 is 0 Å². The van der Waals surface area contributed by atoms with Crippen molar-refractivity contribution in [3.63, 3.8) is 0 Å². The number of nitrogens with one attached hydrogen (secondary N) is 1. The Morgan fingerprint density at radius 3 is 2.56 bits per heavy atom. The lowest BCUT2D eigenvalue weighted by atomic mass is 9.81. The molecular weight excluding hydrogens is 332 g/mol. The fourth-order valence-corrected chi connectivity index (χ4v) is 4.59. The molecule has 144 valence electrons. The Labute approximate surface area is 163 Å². The minimum absolute atomic E-state index is 0.507. The van der Waals surface area contributed by atoms with Gasteiger partial charge < -0.3 is 10.2 Å². The Kier molecular flexibility index (Phi) is 5.18. The highest BCUT2D eigenvalue weighted by Crippen LogP contribution is 2.34. The second kappa shape index (κ2) is 7.59. The molecule has 2 heterocycles. The molecule has 4 heteroatoms. The van der Waals surface area contributed by atoms with Crippen LogP contribution in [0.4, 0.5) is 5.82 Å². The standard InChI is InChI=1S/C23H32N4/c1-4-17-5-10-21-20(15-17)22(25-16-24-21)26-18-6-8-19(9-7-18)27-13-11-23(2,3)12-14-27/h4-5,10,15-16,18-19H,1,6-9,11-14H2,2-3H3,(H,24,25,26)/t18-,19-. The average Bonchev–Trinajstić information content (AvgIpc) is 2.69. The SMILES string of the molecule is C=Cc1ccc2ncnc(N[C@H]3CC[C@H](N4CCC(C)(C)CC4)CC3)c2c1. The van der Waals surface area contributed by atoms with E-state index in [0.717, 1.165) is 28.3 Å². The maximum absolute atomic E-state index is 4.53. The van der Waals surface area contributed by atoms with Crippen molar-refractivity contribution in [1.29, 1.82) is 0 Å². The molecule has 1 saturated carbocycles. The number of anilines is 1. The Morgan fingerprint density at radius 1 is 1.11 bits per heavy atom. The smallest absolute Gasteiger partial charge is 0.137 e. The van der Waals surface area contributed by atoms with Gasteiger partial charge in [-0.1, -0.05) is 32.6 Å². The lowest BCUT2D eigenvalue weighted by Gasteiger charge is -2.43. The van der Waals surface area contributed by atoms with Gasteiger partial charge in [-0.3, -0.25) is 0 Å². The number of benzene rings is 1. The molecule has 0 unspecified atom stereocenters. The first-order chi connectivity index (χ1) is 13.0. The van der Waals surface area contributed by atoms with E-state index in [1.54, 1.807) is 6.33 Å². The molecule has 2 aliphatic rings. The predicted octanol–water partition coefficient (Wildman–Crippen LogP) is 5.12. The number of aromatic nitrogens is 2. The zero-order valence-electron chi connectivity index (χ0n) is 16.7. The summed E-state index contributed by atoms with van der Waals surface area (Å²) in [4.78, 5) is 11.7. The second-order valence-electron chi connectivity index (χ2n) is 9.05. The summed E-state index contributed by atoms with van der Waals surface area (Å²) in [5, 5.41) is 4.80. The summed E-state index contributed by atoms with van der Waals surface area (Å²) in [7, 11) is 0. The molecule has 0 radical (unpaired) electrons. The Morgan fingerprint density at radius 2 is 1.85 bits per heavy atom. The molecule has 0 bridgehead atoms. The lowest BCUT2D eigenvalue weighted by Crippen LogP contribution is -2.46. The van der Waals surface area contributed by atoms with Gasteiger partial charge in [0.15, 0.2) is 0 Å². The number of rotatable bonds is 4. The molecule has 0 amide bonds. The molecule has 1 aliphatic carbocycles.